The van der Waals surface area contributed by atoms with Gasteiger partial charge in [0.25, 0.3) is 0 Å². The number of carbonyl (C=O) groups is 2. The Hall–Kier alpha value is -1.36. The lowest BCUT2D eigenvalue weighted by Crippen LogP contribution is -2.43. The first kappa shape index (κ1) is 13.6. The second kappa shape index (κ2) is 4.88. The van der Waals surface area contributed by atoms with Crippen molar-refractivity contribution in [2.75, 3.05) is 6.54 Å². The number of carboxylic acids is 1. The summed E-state index contributed by atoms with van der Waals surface area (Å²) < 4.78 is 0.981. The first-order chi connectivity index (χ1) is 9.53. The fourth-order valence-electron chi connectivity index (χ4n) is 2.69. The lowest BCUT2D eigenvalue weighted by Gasteiger charge is -2.26. The molecule has 0 heterocycles. The number of hydrogen-bond acceptors (Lipinski definition) is 2. The Morgan fingerprint density at radius 2 is 1.85 bits per heavy atom. The summed E-state index contributed by atoms with van der Waals surface area (Å²) in [5, 5.41) is 9.00. The molecule has 0 unspecified atom stereocenters. The molecule has 5 heteroatoms. The van der Waals surface area contributed by atoms with E-state index in [-0.39, 0.29) is 18.5 Å². The monoisotopic (exact) mass is 337 g/mol. The Bertz CT molecular complexity index is 547. The molecule has 1 aromatic rings. The summed E-state index contributed by atoms with van der Waals surface area (Å²) in [6.07, 6.45) is 3.48. The van der Waals surface area contributed by atoms with Crippen LogP contribution in [0.2, 0.25) is 0 Å². The molecule has 0 spiro atoms. The van der Waals surface area contributed by atoms with Gasteiger partial charge in [0.2, 0.25) is 5.91 Å². The van der Waals surface area contributed by atoms with E-state index in [1.165, 1.54) is 0 Å². The normalized spacial score (nSPS) is 19.4. The second-order valence-corrected chi connectivity index (χ2v) is 6.56. The molecular formula is C15H16BrNO3. The van der Waals surface area contributed by atoms with Crippen LogP contribution in [0.3, 0.4) is 0 Å². The number of benzene rings is 1. The molecule has 0 saturated heterocycles. The van der Waals surface area contributed by atoms with Crippen molar-refractivity contribution >= 4 is 27.8 Å². The predicted molar refractivity (Wildman–Crippen MR) is 77.4 cm³/mol. The summed E-state index contributed by atoms with van der Waals surface area (Å²) in [6, 6.07) is 7.91. The molecule has 3 rings (SSSR count). The summed E-state index contributed by atoms with van der Waals surface area (Å²) in [4.78, 5) is 25.3. The molecule has 0 bridgehead atoms. The fraction of sp³-hybridized carbons (Fsp3) is 0.467. The zero-order valence-corrected chi connectivity index (χ0v) is 12.6. The van der Waals surface area contributed by atoms with Gasteiger partial charge in [-0.15, -0.1) is 0 Å². The van der Waals surface area contributed by atoms with E-state index >= 15 is 0 Å². The van der Waals surface area contributed by atoms with Gasteiger partial charge in [-0.25, -0.2) is 0 Å². The second-order valence-electron chi connectivity index (χ2n) is 5.65. The molecular weight excluding hydrogens is 322 g/mol. The minimum absolute atomic E-state index is 0.00952. The highest BCUT2D eigenvalue weighted by atomic mass is 79.9. The minimum Gasteiger partial charge on any atom is -0.480 e. The molecule has 2 aliphatic carbocycles. The maximum absolute atomic E-state index is 12.8. The van der Waals surface area contributed by atoms with Gasteiger partial charge in [-0.2, -0.15) is 0 Å². The van der Waals surface area contributed by atoms with E-state index in [1.807, 2.05) is 24.3 Å². The molecule has 106 valence electrons. The van der Waals surface area contributed by atoms with Gasteiger partial charge in [-0.3, -0.25) is 9.59 Å². The van der Waals surface area contributed by atoms with Crippen LogP contribution in [0.4, 0.5) is 0 Å². The number of nitrogens with zero attached hydrogens (tertiary/aromatic N) is 1. The first-order valence-corrected chi connectivity index (χ1v) is 7.61. The largest absolute Gasteiger partial charge is 0.480 e. The van der Waals surface area contributed by atoms with Gasteiger partial charge in [0.1, 0.15) is 6.54 Å². The summed E-state index contributed by atoms with van der Waals surface area (Å²) in [5.41, 5.74) is 0.528. The molecule has 0 radical (unpaired) electrons. The zero-order valence-electron chi connectivity index (χ0n) is 11.0. The van der Waals surface area contributed by atoms with Crippen molar-refractivity contribution in [2.24, 2.45) is 0 Å². The van der Waals surface area contributed by atoms with E-state index in [0.717, 1.165) is 35.7 Å². The average molecular weight is 338 g/mol. The third-order valence-corrected chi connectivity index (χ3v) is 4.64. The molecule has 1 N–H and O–H groups in total. The van der Waals surface area contributed by atoms with Crippen LogP contribution in [0.15, 0.2) is 28.7 Å². The van der Waals surface area contributed by atoms with Gasteiger partial charge in [-0.05, 0) is 43.4 Å². The van der Waals surface area contributed by atoms with E-state index < -0.39 is 11.4 Å². The Balaban J connectivity index is 1.84. The highest BCUT2D eigenvalue weighted by Crippen LogP contribution is 2.50. The van der Waals surface area contributed by atoms with Crippen molar-refractivity contribution in [3.8, 4) is 0 Å². The van der Waals surface area contributed by atoms with E-state index in [9.17, 15) is 9.59 Å². The molecule has 0 aromatic heterocycles. The number of carbonyl (C=O) groups excluding carboxylic acids is 1. The molecule has 1 amide bonds. The Labute approximate surface area is 125 Å². The molecule has 4 nitrogen and oxygen atoms in total. The number of aliphatic carboxylic acids is 1. The molecule has 1 aromatic carbocycles. The minimum atomic E-state index is -0.933. The summed E-state index contributed by atoms with van der Waals surface area (Å²) in [7, 11) is 0. The van der Waals surface area contributed by atoms with Crippen LogP contribution >= 0.6 is 15.9 Å². The molecule has 0 aliphatic heterocycles. The molecule has 20 heavy (non-hydrogen) atoms. The maximum Gasteiger partial charge on any atom is 0.323 e. The van der Waals surface area contributed by atoms with Crippen molar-refractivity contribution in [3.63, 3.8) is 0 Å². The topological polar surface area (TPSA) is 57.6 Å². The van der Waals surface area contributed by atoms with Gasteiger partial charge >= 0.3 is 5.97 Å². The van der Waals surface area contributed by atoms with Crippen LogP contribution < -0.4 is 0 Å². The van der Waals surface area contributed by atoms with E-state index in [0.29, 0.717) is 0 Å². The Morgan fingerprint density at radius 3 is 2.30 bits per heavy atom. The lowest BCUT2D eigenvalue weighted by atomic mass is 9.94. The van der Waals surface area contributed by atoms with Crippen LogP contribution in [-0.2, 0) is 15.0 Å². The number of amides is 1. The van der Waals surface area contributed by atoms with E-state index in [4.69, 9.17) is 5.11 Å². The highest BCUT2D eigenvalue weighted by Gasteiger charge is 2.55. The SMILES string of the molecule is O=C(O)CN(C(=O)C1(c2ccc(Br)cc2)CC1)C1CC1. The Kier molecular flexibility index (Phi) is 3.32. The van der Waals surface area contributed by atoms with Crippen molar-refractivity contribution in [3.05, 3.63) is 34.3 Å². The van der Waals surface area contributed by atoms with Gasteiger partial charge in [-0.1, -0.05) is 28.1 Å². The van der Waals surface area contributed by atoms with Gasteiger partial charge in [0.05, 0.1) is 5.41 Å². The van der Waals surface area contributed by atoms with Crippen LogP contribution in [0, 0.1) is 0 Å². The van der Waals surface area contributed by atoms with Crippen molar-refractivity contribution in [1.29, 1.82) is 0 Å². The fourth-order valence-corrected chi connectivity index (χ4v) is 2.96. The summed E-state index contributed by atoms with van der Waals surface area (Å²) in [5.74, 6) is -0.943. The van der Waals surface area contributed by atoms with Gasteiger partial charge in [0.15, 0.2) is 0 Å². The Morgan fingerprint density at radius 1 is 1.25 bits per heavy atom. The predicted octanol–water partition coefficient (Wildman–Crippen LogP) is 2.56. The van der Waals surface area contributed by atoms with E-state index in [1.54, 1.807) is 4.90 Å². The third-order valence-electron chi connectivity index (χ3n) is 4.11. The molecule has 2 saturated carbocycles. The average Bonchev–Trinajstić information content (AvgIpc) is 3.27. The number of rotatable bonds is 5. The van der Waals surface area contributed by atoms with Crippen LogP contribution in [0.25, 0.3) is 0 Å². The zero-order chi connectivity index (χ0) is 14.3. The standard InChI is InChI=1S/C15H16BrNO3/c16-11-3-1-10(2-4-11)15(7-8-15)14(20)17(9-13(18)19)12-5-6-12/h1-4,12H,5-9H2,(H,18,19). The quantitative estimate of drug-likeness (QED) is 0.898. The van der Waals surface area contributed by atoms with Gasteiger partial charge in [0, 0.05) is 10.5 Å². The van der Waals surface area contributed by atoms with Crippen LogP contribution in [0.5, 0.6) is 0 Å². The van der Waals surface area contributed by atoms with Gasteiger partial charge < -0.3 is 10.0 Å². The van der Waals surface area contributed by atoms with Crippen molar-refractivity contribution in [2.45, 2.75) is 37.1 Å². The first-order valence-electron chi connectivity index (χ1n) is 6.82. The van der Waals surface area contributed by atoms with Crippen molar-refractivity contribution in [1.82, 2.24) is 4.90 Å². The third kappa shape index (κ3) is 2.46. The maximum atomic E-state index is 12.8. The highest BCUT2D eigenvalue weighted by molar-refractivity contribution is 9.10. The molecule has 2 aliphatic rings. The number of carboxylic acid groups (broad SMARTS) is 1. The smallest absolute Gasteiger partial charge is 0.323 e. The van der Waals surface area contributed by atoms with Crippen molar-refractivity contribution < 1.29 is 14.7 Å². The summed E-state index contributed by atoms with van der Waals surface area (Å²) >= 11 is 3.39. The number of halogens is 1. The van der Waals surface area contributed by atoms with Crippen LogP contribution in [-0.4, -0.2) is 34.5 Å². The van der Waals surface area contributed by atoms with E-state index in [2.05, 4.69) is 15.9 Å². The molecule has 2 fully saturated rings. The molecule has 0 atom stereocenters. The van der Waals surface area contributed by atoms with Crippen LogP contribution in [0.1, 0.15) is 31.2 Å². The summed E-state index contributed by atoms with van der Waals surface area (Å²) in [6.45, 7) is -0.179. The number of hydrogen-bond donors (Lipinski definition) is 1. The lowest BCUT2D eigenvalue weighted by molar-refractivity contribution is -0.146.